The maximum absolute atomic E-state index is 12.2. The van der Waals surface area contributed by atoms with Crippen molar-refractivity contribution in [3.63, 3.8) is 0 Å². The van der Waals surface area contributed by atoms with E-state index >= 15 is 0 Å². The van der Waals surface area contributed by atoms with E-state index in [0.717, 1.165) is 36.8 Å². The van der Waals surface area contributed by atoms with Gasteiger partial charge in [0.25, 0.3) is 5.91 Å². The molecule has 0 atom stereocenters. The highest BCUT2D eigenvalue weighted by atomic mass is 16.2. The van der Waals surface area contributed by atoms with Crippen LogP contribution in [0.25, 0.3) is 10.9 Å². The number of amides is 1. The number of fused-ring (bicyclic) bond motifs is 1. The lowest BCUT2D eigenvalue weighted by molar-refractivity contribution is 0.0746. The van der Waals surface area contributed by atoms with Crippen molar-refractivity contribution in [3.8, 4) is 0 Å². The third kappa shape index (κ3) is 2.39. The second kappa shape index (κ2) is 4.89. The average molecular weight is 259 g/mol. The van der Waals surface area contributed by atoms with Gasteiger partial charge < -0.3 is 5.73 Å². The number of hydrazine groups is 1. The van der Waals surface area contributed by atoms with Gasteiger partial charge in [0.2, 0.25) is 0 Å². The standard InChI is InChI=1S/C13H17N5O/c14-9-4-5-11-10(8-9)12(16-15-11)13(19)17-18-6-2-1-3-7-18/h4-5,8H,1-3,6-7,14H2,(H,15,16)(H,17,19). The molecular weight excluding hydrogens is 242 g/mol. The van der Waals surface area contributed by atoms with Gasteiger partial charge in [0.1, 0.15) is 0 Å². The van der Waals surface area contributed by atoms with Crippen LogP contribution < -0.4 is 11.2 Å². The Morgan fingerprint density at radius 2 is 2.11 bits per heavy atom. The Morgan fingerprint density at radius 3 is 2.89 bits per heavy atom. The summed E-state index contributed by atoms with van der Waals surface area (Å²) in [5.41, 5.74) is 10.5. The molecule has 0 unspecified atom stereocenters. The first kappa shape index (κ1) is 12.0. The first-order chi connectivity index (χ1) is 9.24. The third-order valence-electron chi connectivity index (χ3n) is 3.42. The number of nitrogen functional groups attached to an aromatic ring is 1. The number of anilines is 1. The fourth-order valence-corrected chi connectivity index (χ4v) is 2.41. The molecule has 0 radical (unpaired) electrons. The molecule has 100 valence electrons. The number of H-pyrrole nitrogens is 1. The number of benzene rings is 1. The van der Waals surface area contributed by atoms with E-state index in [4.69, 9.17) is 5.73 Å². The van der Waals surface area contributed by atoms with Crippen molar-refractivity contribution in [2.24, 2.45) is 0 Å². The molecule has 19 heavy (non-hydrogen) atoms. The smallest absolute Gasteiger partial charge is 0.286 e. The lowest BCUT2D eigenvalue weighted by Gasteiger charge is -2.26. The minimum Gasteiger partial charge on any atom is -0.399 e. The Bertz CT molecular complexity index is 600. The van der Waals surface area contributed by atoms with E-state index < -0.39 is 0 Å². The first-order valence-electron chi connectivity index (χ1n) is 6.53. The summed E-state index contributed by atoms with van der Waals surface area (Å²) in [5.74, 6) is -0.182. The Morgan fingerprint density at radius 1 is 1.32 bits per heavy atom. The highest BCUT2D eigenvalue weighted by Gasteiger charge is 2.18. The van der Waals surface area contributed by atoms with Gasteiger partial charge in [-0.25, -0.2) is 5.01 Å². The Labute approximate surface area is 110 Å². The topological polar surface area (TPSA) is 87.0 Å². The largest absolute Gasteiger partial charge is 0.399 e. The summed E-state index contributed by atoms with van der Waals surface area (Å²) >= 11 is 0. The molecule has 1 fully saturated rings. The van der Waals surface area contributed by atoms with Gasteiger partial charge in [-0.2, -0.15) is 5.10 Å². The molecule has 1 saturated heterocycles. The van der Waals surface area contributed by atoms with Crippen LogP contribution in [0.1, 0.15) is 29.8 Å². The van der Waals surface area contributed by atoms with E-state index in [9.17, 15) is 4.79 Å². The molecule has 2 heterocycles. The number of nitrogens with two attached hydrogens (primary N) is 1. The zero-order valence-electron chi connectivity index (χ0n) is 10.6. The van der Waals surface area contributed by atoms with Crippen LogP contribution in [-0.2, 0) is 0 Å². The number of carbonyl (C=O) groups is 1. The number of nitrogens with one attached hydrogen (secondary N) is 2. The Hall–Kier alpha value is -2.08. The molecule has 6 nitrogen and oxygen atoms in total. The molecule has 0 aliphatic carbocycles. The minimum atomic E-state index is -0.182. The van der Waals surface area contributed by atoms with Crippen LogP contribution in [0.5, 0.6) is 0 Å². The molecule has 0 spiro atoms. The molecule has 1 aliphatic rings. The molecule has 3 rings (SSSR count). The predicted octanol–water partition coefficient (Wildman–Crippen LogP) is 1.28. The summed E-state index contributed by atoms with van der Waals surface area (Å²) < 4.78 is 0. The minimum absolute atomic E-state index is 0.182. The zero-order chi connectivity index (χ0) is 13.2. The van der Waals surface area contributed by atoms with Crippen molar-refractivity contribution in [3.05, 3.63) is 23.9 Å². The monoisotopic (exact) mass is 259 g/mol. The van der Waals surface area contributed by atoms with Crippen LogP contribution in [0.15, 0.2) is 18.2 Å². The van der Waals surface area contributed by atoms with Crippen LogP contribution in [-0.4, -0.2) is 34.2 Å². The van der Waals surface area contributed by atoms with Crippen molar-refractivity contribution in [2.45, 2.75) is 19.3 Å². The van der Waals surface area contributed by atoms with Crippen molar-refractivity contribution < 1.29 is 4.79 Å². The number of rotatable bonds is 2. The molecule has 4 N–H and O–H groups in total. The molecule has 1 aromatic heterocycles. The lowest BCUT2D eigenvalue weighted by Crippen LogP contribution is -2.45. The molecule has 0 saturated carbocycles. The van der Waals surface area contributed by atoms with Crippen LogP contribution in [0, 0.1) is 0 Å². The molecule has 6 heteroatoms. The molecular formula is C13H17N5O. The van der Waals surface area contributed by atoms with Gasteiger partial charge in [-0.05, 0) is 31.0 Å². The average Bonchev–Trinajstić information content (AvgIpc) is 2.82. The van der Waals surface area contributed by atoms with Gasteiger partial charge in [-0.3, -0.25) is 15.3 Å². The summed E-state index contributed by atoms with van der Waals surface area (Å²) in [7, 11) is 0. The van der Waals surface area contributed by atoms with E-state index in [1.807, 2.05) is 11.1 Å². The highest BCUT2D eigenvalue weighted by molar-refractivity contribution is 6.05. The van der Waals surface area contributed by atoms with E-state index in [1.54, 1.807) is 12.1 Å². The third-order valence-corrected chi connectivity index (χ3v) is 3.42. The number of hydrogen-bond donors (Lipinski definition) is 3. The maximum atomic E-state index is 12.2. The lowest BCUT2D eigenvalue weighted by atomic mass is 10.1. The van der Waals surface area contributed by atoms with Crippen LogP contribution in [0.2, 0.25) is 0 Å². The van der Waals surface area contributed by atoms with Crippen molar-refractivity contribution >= 4 is 22.5 Å². The van der Waals surface area contributed by atoms with Gasteiger partial charge in [0.05, 0.1) is 5.52 Å². The van der Waals surface area contributed by atoms with Gasteiger partial charge in [0.15, 0.2) is 5.69 Å². The predicted molar refractivity (Wildman–Crippen MR) is 73.4 cm³/mol. The quantitative estimate of drug-likeness (QED) is 0.709. The zero-order valence-corrected chi connectivity index (χ0v) is 10.6. The number of hydrogen-bond acceptors (Lipinski definition) is 4. The summed E-state index contributed by atoms with van der Waals surface area (Å²) in [4.78, 5) is 12.2. The van der Waals surface area contributed by atoms with Gasteiger partial charge in [0, 0.05) is 24.2 Å². The maximum Gasteiger partial charge on any atom is 0.286 e. The summed E-state index contributed by atoms with van der Waals surface area (Å²) in [5, 5.41) is 9.65. The van der Waals surface area contributed by atoms with Gasteiger partial charge in [-0.1, -0.05) is 6.42 Å². The Kier molecular flexibility index (Phi) is 3.08. The van der Waals surface area contributed by atoms with Crippen LogP contribution in [0.4, 0.5) is 5.69 Å². The molecule has 1 aromatic carbocycles. The normalized spacial score (nSPS) is 16.6. The number of nitrogens with zero attached hydrogens (tertiary/aromatic N) is 2. The number of aromatic nitrogens is 2. The summed E-state index contributed by atoms with van der Waals surface area (Å²) in [6, 6.07) is 5.38. The second-order valence-corrected chi connectivity index (χ2v) is 4.87. The van der Waals surface area contributed by atoms with Gasteiger partial charge >= 0.3 is 0 Å². The summed E-state index contributed by atoms with van der Waals surface area (Å²) in [6.45, 7) is 1.80. The van der Waals surface area contributed by atoms with Crippen molar-refractivity contribution in [1.82, 2.24) is 20.6 Å². The van der Waals surface area contributed by atoms with E-state index in [-0.39, 0.29) is 5.91 Å². The molecule has 1 aliphatic heterocycles. The summed E-state index contributed by atoms with van der Waals surface area (Å²) in [6.07, 6.45) is 3.47. The number of carbonyl (C=O) groups excluding carboxylic acids is 1. The molecule has 0 bridgehead atoms. The fourth-order valence-electron chi connectivity index (χ4n) is 2.41. The van der Waals surface area contributed by atoms with E-state index in [2.05, 4.69) is 15.6 Å². The van der Waals surface area contributed by atoms with Crippen LogP contribution >= 0.6 is 0 Å². The van der Waals surface area contributed by atoms with E-state index in [0.29, 0.717) is 11.4 Å². The highest BCUT2D eigenvalue weighted by Crippen LogP contribution is 2.19. The fraction of sp³-hybridized carbons (Fsp3) is 0.385. The number of aromatic amines is 1. The molecule has 1 amide bonds. The van der Waals surface area contributed by atoms with E-state index in [1.165, 1.54) is 6.42 Å². The van der Waals surface area contributed by atoms with Crippen molar-refractivity contribution in [2.75, 3.05) is 18.8 Å². The van der Waals surface area contributed by atoms with Crippen molar-refractivity contribution in [1.29, 1.82) is 0 Å². The van der Waals surface area contributed by atoms with Gasteiger partial charge in [-0.15, -0.1) is 0 Å². The Balaban J connectivity index is 1.82. The first-order valence-corrected chi connectivity index (χ1v) is 6.53. The SMILES string of the molecule is Nc1ccc2[nH]nc(C(=O)NN3CCCCC3)c2c1. The van der Waals surface area contributed by atoms with Crippen LogP contribution in [0.3, 0.4) is 0 Å². The second-order valence-electron chi connectivity index (χ2n) is 4.87. The number of piperidine rings is 1. The molecule has 2 aromatic rings.